The maximum Gasteiger partial charge on any atom is 0.263 e. The summed E-state index contributed by atoms with van der Waals surface area (Å²) in [7, 11) is -2.10. The Kier molecular flexibility index (Phi) is 3.89. The van der Waals surface area contributed by atoms with Crippen molar-refractivity contribution in [3.05, 3.63) is 42.1 Å². The van der Waals surface area contributed by atoms with Crippen LogP contribution in [0.5, 0.6) is 0 Å². The number of benzene rings is 1. The highest BCUT2D eigenvalue weighted by atomic mass is 32.2. The first-order valence-corrected chi connectivity index (χ1v) is 7.56. The number of Topliss-reactive ketones (excluding diaryl/α,β-unsaturated/α-hetero) is 1. The third kappa shape index (κ3) is 2.88. The van der Waals surface area contributed by atoms with E-state index in [0.29, 0.717) is 17.8 Å². The standard InChI is InChI=1S/C13H15N3O3S/c1-3-12(17)10-5-4-6-11(9-10)20(18,19)15-13-7-8-14-16(13)2/h4-9,15H,3H2,1-2H3. The van der Waals surface area contributed by atoms with E-state index in [1.807, 2.05) is 0 Å². The minimum absolute atomic E-state index is 0.0537. The Morgan fingerprint density at radius 1 is 1.35 bits per heavy atom. The normalized spacial score (nSPS) is 11.3. The molecule has 0 unspecified atom stereocenters. The number of hydrogen-bond acceptors (Lipinski definition) is 4. The Morgan fingerprint density at radius 2 is 2.10 bits per heavy atom. The van der Waals surface area contributed by atoms with E-state index in [9.17, 15) is 13.2 Å². The number of rotatable bonds is 5. The lowest BCUT2D eigenvalue weighted by atomic mass is 10.1. The predicted molar refractivity (Wildman–Crippen MR) is 75.1 cm³/mol. The van der Waals surface area contributed by atoms with E-state index >= 15 is 0 Å². The van der Waals surface area contributed by atoms with Gasteiger partial charge in [0.25, 0.3) is 10.0 Å². The van der Waals surface area contributed by atoms with Crippen LogP contribution in [0.4, 0.5) is 5.82 Å². The van der Waals surface area contributed by atoms with E-state index in [2.05, 4.69) is 9.82 Å². The molecule has 1 heterocycles. The van der Waals surface area contributed by atoms with Crippen molar-refractivity contribution in [2.45, 2.75) is 18.2 Å². The molecule has 0 atom stereocenters. The highest BCUT2D eigenvalue weighted by molar-refractivity contribution is 7.92. The third-order valence-electron chi connectivity index (χ3n) is 2.85. The van der Waals surface area contributed by atoms with Gasteiger partial charge in [-0.05, 0) is 12.1 Å². The summed E-state index contributed by atoms with van der Waals surface area (Å²) < 4.78 is 28.3. The van der Waals surface area contributed by atoms with Crippen molar-refractivity contribution in [2.24, 2.45) is 7.05 Å². The Hall–Kier alpha value is -2.15. The number of carbonyl (C=O) groups is 1. The molecule has 0 aliphatic heterocycles. The molecule has 7 heteroatoms. The quantitative estimate of drug-likeness (QED) is 0.852. The summed E-state index contributed by atoms with van der Waals surface area (Å²) in [6, 6.07) is 7.55. The fraction of sp³-hybridized carbons (Fsp3) is 0.231. The van der Waals surface area contributed by atoms with Crippen molar-refractivity contribution < 1.29 is 13.2 Å². The molecular formula is C13H15N3O3S. The third-order valence-corrected chi connectivity index (χ3v) is 4.20. The Labute approximate surface area is 117 Å². The highest BCUT2D eigenvalue weighted by Crippen LogP contribution is 2.17. The molecule has 2 aromatic rings. The van der Waals surface area contributed by atoms with Gasteiger partial charge in [-0.1, -0.05) is 19.1 Å². The summed E-state index contributed by atoms with van der Waals surface area (Å²) in [5, 5.41) is 3.89. The number of sulfonamides is 1. The number of nitrogens with one attached hydrogen (secondary N) is 1. The van der Waals surface area contributed by atoms with Gasteiger partial charge in [-0.15, -0.1) is 0 Å². The second-order valence-corrected chi connectivity index (χ2v) is 5.93. The van der Waals surface area contributed by atoms with Gasteiger partial charge in [0.2, 0.25) is 0 Å². The molecule has 0 radical (unpaired) electrons. The molecule has 0 spiro atoms. The van der Waals surface area contributed by atoms with Crippen molar-refractivity contribution in [1.29, 1.82) is 0 Å². The van der Waals surface area contributed by atoms with Crippen molar-refractivity contribution in [3.8, 4) is 0 Å². The maximum absolute atomic E-state index is 12.3. The van der Waals surface area contributed by atoms with Crippen LogP contribution in [0.25, 0.3) is 0 Å². The zero-order valence-corrected chi connectivity index (χ0v) is 12.0. The number of carbonyl (C=O) groups excluding carboxylic acids is 1. The van der Waals surface area contributed by atoms with Gasteiger partial charge < -0.3 is 0 Å². The second kappa shape index (κ2) is 5.46. The lowest BCUT2D eigenvalue weighted by Crippen LogP contribution is -2.16. The Bertz CT molecular complexity index is 735. The number of nitrogens with zero attached hydrogens (tertiary/aromatic N) is 2. The van der Waals surface area contributed by atoms with Gasteiger partial charge in [-0.3, -0.25) is 14.2 Å². The summed E-state index contributed by atoms with van der Waals surface area (Å²) in [6.45, 7) is 1.73. The van der Waals surface area contributed by atoms with E-state index < -0.39 is 10.0 Å². The van der Waals surface area contributed by atoms with Crippen LogP contribution in [-0.4, -0.2) is 24.0 Å². The van der Waals surface area contributed by atoms with Crippen LogP contribution in [-0.2, 0) is 17.1 Å². The number of anilines is 1. The first kappa shape index (κ1) is 14.3. The van der Waals surface area contributed by atoms with Gasteiger partial charge in [0, 0.05) is 25.1 Å². The largest absolute Gasteiger partial charge is 0.294 e. The molecule has 0 aliphatic carbocycles. The molecule has 20 heavy (non-hydrogen) atoms. The summed E-state index contributed by atoms with van der Waals surface area (Å²) in [5.41, 5.74) is 0.389. The van der Waals surface area contributed by atoms with Crippen LogP contribution in [0.15, 0.2) is 41.4 Å². The molecule has 1 aromatic carbocycles. The zero-order chi connectivity index (χ0) is 14.8. The van der Waals surface area contributed by atoms with Crippen LogP contribution in [0.2, 0.25) is 0 Å². The Balaban J connectivity index is 2.35. The smallest absolute Gasteiger partial charge is 0.263 e. The van der Waals surface area contributed by atoms with Crippen molar-refractivity contribution in [3.63, 3.8) is 0 Å². The van der Waals surface area contributed by atoms with Gasteiger partial charge in [0.05, 0.1) is 11.1 Å². The molecule has 6 nitrogen and oxygen atoms in total. The van der Waals surface area contributed by atoms with Crippen LogP contribution in [0, 0.1) is 0 Å². The molecule has 0 saturated heterocycles. The minimum Gasteiger partial charge on any atom is -0.294 e. The summed E-state index contributed by atoms with van der Waals surface area (Å²) >= 11 is 0. The van der Waals surface area contributed by atoms with Gasteiger partial charge >= 0.3 is 0 Å². The molecule has 1 N–H and O–H groups in total. The molecule has 0 saturated carbocycles. The lowest BCUT2D eigenvalue weighted by Gasteiger charge is -2.09. The summed E-state index contributed by atoms with van der Waals surface area (Å²) in [4.78, 5) is 11.7. The molecule has 2 rings (SSSR count). The molecule has 0 aliphatic rings. The van der Waals surface area contributed by atoms with E-state index in [4.69, 9.17) is 0 Å². The molecular weight excluding hydrogens is 278 g/mol. The average molecular weight is 293 g/mol. The fourth-order valence-corrected chi connectivity index (χ4v) is 2.84. The van der Waals surface area contributed by atoms with Crippen LogP contribution in [0.1, 0.15) is 23.7 Å². The number of ketones is 1. The van der Waals surface area contributed by atoms with E-state index in [0.717, 1.165) is 0 Å². The minimum atomic E-state index is -3.73. The molecule has 1 aromatic heterocycles. The van der Waals surface area contributed by atoms with Gasteiger partial charge in [-0.25, -0.2) is 8.42 Å². The first-order chi connectivity index (χ1) is 9.44. The molecule has 106 valence electrons. The van der Waals surface area contributed by atoms with Gasteiger partial charge in [0.1, 0.15) is 5.82 Å². The average Bonchev–Trinajstić information content (AvgIpc) is 2.83. The van der Waals surface area contributed by atoms with Crippen molar-refractivity contribution >= 4 is 21.6 Å². The van der Waals surface area contributed by atoms with Crippen LogP contribution < -0.4 is 4.72 Å². The first-order valence-electron chi connectivity index (χ1n) is 6.08. The lowest BCUT2D eigenvalue weighted by molar-refractivity contribution is 0.0988. The fourth-order valence-electron chi connectivity index (χ4n) is 1.71. The van der Waals surface area contributed by atoms with Gasteiger partial charge in [0.15, 0.2) is 5.78 Å². The monoisotopic (exact) mass is 293 g/mol. The van der Waals surface area contributed by atoms with Crippen LogP contribution in [0.3, 0.4) is 0 Å². The van der Waals surface area contributed by atoms with E-state index in [1.165, 1.54) is 23.0 Å². The molecule has 0 amide bonds. The van der Waals surface area contributed by atoms with Gasteiger partial charge in [-0.2, -0.15) is 5.10 Å². The van der Waals surface area contributed by atoms with Crippen molar-refractivity contribution in [2.75, 3.05) is 4.72 Å². The predicted octanol–water partition coefficient (Wildman–Crippen LogP) is 1.81. The zero-order valence-electron chi connectivity index (χ0n) is 11.2. The van der Waals surface area contributed by atoms with Crippen molar-refractivity contribution in [1.82, 2.24) is 9.78 Å². The number of aromatic nitrogens is 2. The number of hydrogen-bond donors (Lipinski definition) is 1. The second-order valence-electron chi connectivity index (χ2n) is 4.25. The number of aryl methyl sites for hydroxylation is 1. The highest BCUT2D eigenvalue weighted by Gasteiger charge is 2.17. The molecule has 0 fully saturated rings. The topological polar surface area (TPSA) is 81.1 Å². The van der Waals surface area contributed by atoms with E-state index in [1.54, 1.807) is 32.2 Å². The molecule has 0 bridgehead atoms. The maximum atomic E-state index is 12.3. The van der Waals surface area contributed by atoms with Crippen LogP contribution >= 0.6 is 0 Å². The summed E-state index contributed by atoms with van der Waals surface area (Å²) in [6.07, 6.45) is 1.83. The summed E-state index contributed by atoms with van der Waals surface area (Å²) in [5.74, 6) is 0.264. The Morgan fingerprint density at radius 3 is 2.70 bits per heavy atom. The van der Waals surface area contributed by atoms with E-state index in [-0.39, 0.29) is 10.7 Å². The SMILES string of the molecule is CCC(=O)c1cccc(S(=O)(=O)Nc2ccnn2C)c1.